The van der Waals surface area contributed by atoms with E-state index in [0.29, 0.717) is 16.8 Å². The number of aliphatic hydroxyl groups excluding tert-OH is 1. The quantitative estimate of drug-likeness (QED) is 0.598. The molecule has 6 nitrogen and oxygen atoms in total. The molecule has 0 saturated heterocycles. The second-order valence-electron chi connectivity index (χ2n) is 6.17. The Hall–Kier alpha value is -2.94. The number of rotatable bonds is 1. The SMILES string of the molecule is Nc1nnc(-c2ccc(C(F)(F)F)cc2O)c2ccncc12.OC1CCC1. The van der Waals surface area contributed by atoms with Crippen molar-refractivity contribution in [3.05, 3.63) is 42.2 Å². The molecule has 9 heteroatoms. The summed E-state index contributed by atoms with van der Waals surface area (Å²) in [7, 11) is 0. The van der Waals surface area contributed by atoms with Gasteiger partial charge in [-0.3, -0.25) is 4.98 Å². The zero-order valence-corrected chi connectivity index (χ0v) is 14.1. The van der Waals surface area contributed by atoms with E-state index < -0.39 is 17.5 Å². The summed E-state index contributed by atoms with van der Waals surface area (Å²) in [4.78, 5) is 3.92. The van der Waals surface area contributed by atoms with E-state index in [2.05, 4.69) is 15.2 Å². The van der Waals surface area contributed by atoms with E-state index in [4.69, 9.17) is 10.8 Å². The number of phenols is 1. The summed E-state index contributed by atoms with van der Waals surface area (Å²) < 4.78 is 37.9. The number of nitrogens with two attached hydrogens (primary N) is 1. The Morgan fingerprint density at radius 2 is 1.78 bits per heavy atom. The highest BCUT2D eigenvalue weighted by atomic mass is 19.4. The standard InChI is InChI=1S/C14H9F3N4O.C4H8O/c15-14(16,17)7-1-2-9(11(22)5-7)12-8-3-4-19-6-10(8)13(18)21-20-12;5-4-2-1-3-4/h1-6,22H,(H2,18,21);4-5H,1-3H2. The van der Waals surface area contributed by atoms with Crippen LogP contribution in [0.15, 0.2) is 36.7 Å². The van der Waals surface area contributed by atoms with Gasteiger partial charge < -0.3 is 15.9 Å². The van der Waals surface area contributed by atoms with Crippen LogP contribution in [0.1, 0.15) is 24.8 Å². The normalized spacial score (nSPS) is 14.4. The highest BCUT2D eigenvalue weighted by Gasteiger charge is 2.31. The first kappa shape index (κ1) is 18.8. The minimum Gasteiger partial charge on any atom is -0.507 e. The molecule has 2 heterocycles. The number of nitrogen functional groups attached to an aromatic ring is 1. The first-order chi connectivity index (χ1) is 12.8. The number of pyridine rings is 1. The molecule has 4 N–H and O–H groups in total. The third kappa shape index (κ3) is 4.08. The largest absolute Gasteiger partial charge is 0.507 e. The zero-order valence-electron chi connectivity index (χ0n) is 14.1. The molecule has 1 saturated carbocycles. The van der Waals surface area contributed by atoms with Gasteiger partial charge in [0.25, 0.3) is 0 Å². The lowest BCUT2D eigenvalue weighted by atomic mass is 9.97. The number of phenolic OH excluding ortho intramolecular Hbond substituents is 1. The Bertz CT molecular complexity index is 959. The molecule has 2 aromatic heterocycles. The second kappa shape index (κ2) is 7.36. The molecular formula is C18H17F3N4O2. The molecule has 0 bridgehead atoms. The van der Waals surface area contributed by atoms with Crippen molar-refractivity contribution in [1.82, 2.24) is 15.2 Å². The van der Waals surface area contributed by atoms with Crippen molar-refractivity contribution in [3.63, 3.8) is 0 Å². The van der Waals surface area contributed by atoms with E-state index >= 15 is 0 Å². The number of hydrogen-bond acceptors (Lipinski definition) is 6. The van der Waals surface area contributed by atoms with Crippen LogP contribution in [-0.2, 0) is 6.18 Å². The van der Waals surface area contributed by atoms with E-state index in [1.165, 1.54) is 18.8 Å². The number of alkyl halides is 3. The minimum atomic E-state index is -4.53. The highest BCUT2D eigenvalue weighted by molar-refractivity contribution is 5.99. The summed E-state index contributed by atoms with van der Waals surface area (Å²) in [5.74, 6) is -0.384. The average molecular weight is 378 g/mol. The van der Waals surface area contributed by atoms with Gasteiger partial charge in [0.15, 0.2) is 5.82 Å². The van der Waals surface area contributed by atoms with E-state index in [1.807, 2.05) is 0 Å². The summed E-state index contributed by atoms with van der Waals surface area (Å²) in [5, 5.41) is 27.1. The van der Waals surface area contributed by atoms with Crippen molar-refractivity contribution in [2.24, 2.45) is 0 Å². The molecule has 1 aliphatic carbocycles. The van der Waals surface area contributed by atoms with Gasteiger partial charge in [0.05, 0.1) is 11.7 Å². The second-order valence-corrected chi connectivity index (χ2v) is 6.17. The van der Waals surface area contributed by atoms with E-state index in [9.17, 15) is 18.3 Å². The van der Waals surface area contributed by atoms with Gasteiger partial charge in [-0.2, -0.15) is 13.2 Å². The van der Waals surface area contributed by atoms with Gasteiger partial charge in [0, 0.05) is 28.7 Å². The van der Waals surface area contributed by atoms with Crippen molar-refractivity contribution >= 4 is 16.6 Å². The number of anilines is 1. The van der Waals surface area contributed by atoms with Gasteiger partial charge in [-0.05, 0) is 43.5 Å². The van der Waals surface area contributed by atoms with Crippen LogP contribution in [-0.4, -0.2) is 31.5 Å². The summed E-state index contributed by atoms with van der Waals surface area (Å²) >= 11 is 0. The van der Waals surface area contributed by atoms with Gasteiger partial charge in [-0.15, -0.1) is 10.2 Å². The lowest BCUT2D eigenvalue weighted by Crippen LogP contribution is -2.15. The van der Waals surface area contributed by atoms with Crippen LogP contribution >= 0.6 is 0 Å². The van der Waals surface area contributed by atoms with Crippen LogP contribution in [0.25, 0.3) is 22.0 Å². The van der Waals surface area contributed by atoms with Gasteiger partial charge in [0.2, 0.25) is 0 Å². The maximum Gasteiger partial charge on any atom is 0.416 e. The molecule has 1 aromatic carbocycles. The van der Waals surface area contributed by atoms with E-state index in [0.717, 1.165) is 25.0 Å². The summed E-state index contributed by atoms with van der Waals surface area (Å²) in [6, 6.07) is 4.28. The number of aromatic nitrogens is 3. The van der Waals surface area contributed by atoms with Crippen LogP contribution in [0, 0.1) is 0 Å². The fourth-order valence-electron chi connectivity index (χ4n) is 2.51. The fraction of sp³-hybridized carbons (Fsp3) is 0.278. The minimum absolute atomic E-state index is 0.0648. The average Bonchev–Trinajstić information content (AvgIpc) is 2.61. The third-order valence-electron chi connectivity index (χ3n) is 4.26. The van der Waals surface area contributed by atoms with Crippen molar-refractivity contribution in [3.8, 4) is 17.0 Å². The molecule has 0 radical (unpaired) electrons. The van der Waals surface area contributed by atoms with Crippen LogP contribution in [0.5, 0.6) is 5.75 Å². The monoisotopic (exact) mass is 378 g/mol. The molecule has 142 valence electrons. The maximum absolute atomic E-state index is 12.6. The third-order valence-corrected chi connectivity index (χ3v) is 4.26. The molecule has 0 amide bonds. The number of aliphatic hydroxyl groups is 1. The van der Waals surface area contributed by atoms with Gasteiger partial charge in [-0.1, -0.05) is 0 Å². The molecular weight excluding hydrogens is 361 g/mol. The van der Waals surface area contributed by atoms with Crippen molar-refractivity contribution in [2.75, 3.05) is 5.73 Å². The molecule has 3 aromatic rings. The van der Waals surface area contributed by atoms with Crippen LogP contribution in [0.3, 0.4) is 0 Å². The number of halogens is 3. The Morgan fingerprint density at radius 3 is 2.33 bits per heavy atom. The first-order valence-electron chi connectivity index (χ1n) is 8.22. The predicted octanol–water partition coefficient (Wildman–Crippen LogP) is 3.53. The number of aromatic hydroxyl groups is 1. The Kier molecular flexibility index (Phi) is 5.13. The molecule has 0 spiro atoms. The number of hydrogen-bond donors (Lipinski definition) is 3. The molecule has 0 unspecified atom stereocenters. The van der Waals surface area contributed by atoms with Gasteiger partial charge in [-0.25, -0.2) is 0 Å². The lowest BCUT2D eigenvalue weighted by molar-refractivity contribution is -0.137. The zero-order chi connectivity index (χ0) is 19.6. The van der Waals surface area contributed by atoms with Crippen molar-refractivity contribution < 1.29 is 23.4 Å². The summed E-state index contributed by atoms with van der Waals surface area (Å²) in [6.45, 7) is 0. The molecule has 0 aliphatic heterocycles. The highest BCUT2D eigenvalue weighted by Crippen LogP contribution is 2.38. The maximum atomic E-state index is 12.6. The van der Waals surface area contributed by atoms with Gasteiger partial charge in [0.1, 0.15) is 11.4 Å². The Morgan fingerprint density at radius 1 is 1.07 bits per heavy atom. The Labute approximate surface area is 152 Å². The summed E-state index contributed by atoms with van der Waals surface area (Å²) in [5.41, 5.74) is 5.13. The molecule has 4 rings (SSSR count). The topological polar surface area (TPSA) is 105 Å². The lowest BCUT2D eigenvalue weighted by Gasteiger charge is -2.17. The first-order valence-corrected chi connectivity index (χ1v) is 8.22. The Balaban J connectivity index is 0.000000364. The van der Waals surface area contributed by atoms with E-state index in [1.54, 1.807) is 6.07 Å². The van der Waals surface area contributed by atoms with Crippen molar-refractivity contribution in [1.29, 1.82) is 0 Å². The van der Waals surface area contributed by atoms with Crippen LogP contribution in [0.4, 0.5) is 19.0 Å². The number of benzene rings is 1. The molecule has 0 atom stereocenters. The van der Waals surface area contributed by atoms with E-state index in [-0.39, 0.29) is 23.2 Å². The molecule has 1 aliphatic rings. The molecule has 27 heavy (non-hydrogen) atoms. The number of fused-ring (bicyclic) bond motifs is 1. The molecule has 1 fully saturated rings. The summed E-state index contributed by atoms with van der Waals surface area (Å²) in [6.07, 6.45) is 1.82. The fourth-order valence-corrected chi connectivity index (χ4v) is 2.51. The number of nitrogens with zero attached hydrogens (tertiary/aromatic N) is 3. The van der Waals surface area contributed by atoms with Gasteiger partial charge >= 0.3 is 6.18 Å². The van der Waals surface area contributed by atoms with Crippen LogP contribution in [0.2, 0.25) is 0 Å². The predicted molar refractivity (Wildman–Crippen MR) is 93.7 cm³/mol. The smallest absolute Gasteiger partial charge is 0.416 e. The van der Waals surface area contributed by atoms with Crippen molar-refractivity contribution in [2.45, 2.75) is 31.5 Å². The van der Waals surface area contributed by atoms with Crippen LogP contribution < -0.4 is 5.73 Å².